The molecule has 1 atom stereocenters. The zero-order valence-electron chi connectivity index (χ0n) is 15.1. The van der Waals surface area contributed by atoms with Crippen LogP contribution >= 0.6 is 0 Å². The van der Waals surface area contributed by atoms with Crippen molar-refractivity contribution < 1.29 is 9.53 Å². The van der Waals surface area contributed by atoms with E-state index in [-0.39, 0.29) is 12.1 Å². The van der Waals surface area contributed by atoms with Gasteiger partial charge in [0.05, 0.1) is 0 Å². The van der Waals surface area contributed by atoms with Crippen LogP contribution in [0.15, 0.2) is 24.3 Å². The molecule has 1 amide bonds. The minimum absolute atomic E-state index is 0.207. The molecule has 23 heavy (non-hydrogen) atoms. The van der Waals surface area contributed by atoms with E-state index in [2.05, 4.69) is 43.4 Å². The molecular weight excluding hydrogens is 288 g/mol. The SMILES string of the molecule is CC(C)c1ccccc1NC1CCCN(C(=O)OC(C)(C)C)C1. The number of piperidine rings is 1. The van der Waals surface area contributed by atoms with Crippen LogP contribution in [0.2, 0.25) is 0 Å². The number of carbonyl (C=O) groups excluding carboxylic acids is 1. The smallest absolute Gasteiger partial charge is 0.410 e. The number of rotatable bonds is 3. The molecule has 0 radical (unpaired) electrons. The molecular formula is C19H30N2O2. The number of nitrogens with zero attached hydrogens (tertiary/aromatic N) is 1. The Hall–Kier alpha value is -1.71. The van der Waals surface area contributed by atoms with Gasteiger partial charge in [-0.15, -0.1) is 0 Å². The molecule has 1 aliphatic heterocycles. The third kappa shape index (κ3) is 5.15. The highest BCUT2D eigenvalue weighted by Crippen LogP contribution is 2.26. The summed E-state index contributed by atoms with van der Waals surface area (Å²) >= 11 is 0. The summed E-state index contributed by atoms with van der Waals surface area (Å²) in [5.41, 5.74) is 2.06. The fourth-order valence-electron chi connectivity index (χ4n) is 2.94. The molecule has 0 aliphatic carbocycles. The number of hydrogen-bond donors (Lipinski definition) is 1. The number of carbonyl (C=O) groups is 1. The third-order valence-corrected chi connectivity index (χ3v) is 4.02. The Kier molecular flexibility index (Phi) is 5.55. The van der Waals surface area contributed by atoms with Gasteiger partial charge in [-0.05, 0) is 51.2 Å². The molecule has 0 saturated carbocycles. The Balaban J connectivity index is 2.01. The number of amides is 1. The molecule has 1 aromatic carbocycles. The summed E-state index contributed by atoms with van der Waals surface area (Å²) in [7, 11) is 0. The lowest BCUT2D eigenvalue weighted by Gasteiger charge is -2.35. The lowest BCUT2D eigenvalue weighted by Crippen LogP contribution is -2.47. The van der Waals surface area contributed by atoms with E-state index in [1.165, 1.54) is 11.3 Å². The van der Waals surface area contributed by atoms with Crippen LogP contribution in [0.4, 0.5) is 10.5 Å². The third-order valence-electron chi connectivity index (χ3n) is 4.02. The van der Waals surface area contributed by atoms with Crippen molar-refractivity contribution in [3.63, 3.8) is 0 Å². The highest BCUT2D eigenvalue weighted by Gasteiger charge is 2.27. The molecule has 0 bridgehead atoms. The minimum Gasteiger partial charge on any atom is -0.444 e. The van der Waals surface area contributed by atoms with Crippen LogP contribution in [0, 0.1) is 0 Å². The molecule has 1 aliphatic rings. The van der Waals surface area contributed by atoms with Crippen LogP contribution < -0.4 is 5.32 Å². The van der Waals surface area contributed by atoms with Crippen molar-refractivity contribution in [2.24, 2.45) is 0 Å². The first kappa shape index (κ1) is 17.6. The molecule has 1 fully saturated rings. The van der Waals surface area contributed by atoms with Gasteiger partial charge in [0, 0.05) is 24.8 Å². The van der Waals surface area contributed by atoms with Crippen molar-refractivity contribution in [3.8, 4) is 0 Å². The van der Waals surface area contributed by atoms with E-state index in [4.69, 9.17) is 4.74 Å². The zero-order chi connectivity index (χ0) is 17.0. The van der Waals surface area contributed by atoms with E-state index in [0.717, 1.165) is 19.4 Å². The predicted octanol–water partition coefficient (Wildman–Crippen LogP) is 4.62. The summed E-state index contributed by atoms with van der Waals surface area (Å²) in [4.78, 5) is 14.1. The van der Waals surface area contributed by atoms with Gasteiger partial charge in [-0.2, -0.15) is 0 Å². The first-order chi connectivity index (χ1) is 10.8. The van der Waals surface area contributed by atoms with E-state index in [0.29, 0.717) is 12.5 Å². The van der Waals surface area contributed by atoms with Crippen LogP contribution in [0.25, 0.3) is 0 Å². The quantitative estimate of drug-likeness (QED) is 0.884. The summed E-state index contributed by atoms with van der Waals surface area (Å²) in [6.07, 6.45) is 1.87. The second kappa shape index (κ2) is 7.24. The van der Waals surface area contributed by atoms with Crippen molar-refractivity contribution >= 4 is 11.8 Å². The number of benzene rings is 1. The average molecular weight is 318 g/mol. The number of para-hydroxylation sites is 1. The molecule has 1 aromatic rings. The van der Waals surface area contributed by atoms with Gasteiger partial charge in [0.15, 0.2) is 0 Å². The maximum atomic E-state index is 12.3. The topological polar surface area (TPSA) is 41.6 Å². The van der Waals surface area contributed by atoms with Crippen LogP contribution in [-0.4, -0.2) is 35.7 Å². The summed E-state index contributed by atoms with van der Waals surface area (Å²) < 4.78 is 5.50. The highest BCUT2D eigenvalue weighted by atomic mass is 16.6. The molecule has 1 unspecified atom stereocenters. The molecule has 4 nitrogen and oxygen atoms in total. The second-order valence-corrected chi connectivity index (χ2v) is 7.65. The average Bonchev–Trinajstić information content (AvgIpc) is 2.46. The van der Waals surface area contributed by atoms with E-state index >= 15 is 0 Å². The first-order valence-corrected chi connectivity index (χ1v) is 8.59. The van der Waals surface area contributed by atoms with Crippen LogP contribution in [0.5, 0.6) is 0 Å². The largest absolute Gasteiger partial charge is 0.444 e. The number of hydrogen-bond acceptors (Lipinski definition) is 3. The van der Waals surface area contributed by atoms with Crippen LogP contribution in [0.3, 0.4) is 0 Å². The number of nitrogens with one attached hydrogen (secondary N) is 1. The van der Waals surface area contributed by atoms with Crippen molar-refractivity contribution in [2.45, 2.75) is 65.0 Å². The van der Waals surface area contributed by atoms with Gasteiger partial charge in [0.25, 0.3) is 0 Å². The van der Waals surface area contributed by atoms with Crippen LogP contribution in [-0.2, 0) is 4.74 Å². The number of likely N-dealkylation sites (tertiary alicyclic amines) is 1. The van der Waals surface area contributed by atoms with Crippen LogP contribution in [0.1, 0.15) is 58.9 Å². The molecule has 1 saturated heterocycles. The standard InChI is InChI=1S/C19H30N2O2/c1-14(2)16-10-6-7-11-17(16)20-15-9-8-12-21(13-15)18(22)23-19(3,4)5/h6-7,10-11,14-15,20H,8-9,12-13H2,1-5H3. The summed E-state index contributed by atoms with van der Waals surface area (Å²) in [6.45, 7) is 11.6. The maximum absolute atomic E-state index is 12.3. The molecule has 1 heterocycles. The fourth-order valence-corrected chi connectivity index (χ4v) is 2.94. The highest BCUT2D eigenvalue weighted by molar-refractivity contribution is 5.68. The first-order valence-electron chi connectivity index (χ1n) is 8.59. The summed E-state index contributed by atoms with van der Waals surface area (Å²) in [5, 5.41) is 3.63. The van der Waals surface area contributed by atoms with Crippen molar-refractivity contribution in [3.05, 3.63) is 29.8 Å². The summed E-state index contributed by atoms with van der Waals surface area (Å²) in [6, 6.07) is 8.71. The van der Waals surface area contributed by atoms with Gasteiger partial charge in [-0.25, -0.2) is 4.79 Å². The van der Waals surface area contributed by atoms with Gasteiger partial charge in [0.2, 0.25) is 0 Å². The van der Waals surface area contributed by atoms with Gasteiger partial charge >= 0.3 is 6.09 Å². The molecule has 0 aromatic heterocycles. The van der Waals surface area contributed by atoms with E-state index in [9.17, 15) is 4.79 Å². The normalized spacial score (nSPS) is 18.9. The molecule has 128 valence electrons. The van der Waals surface area contributed by atoms with Crippen molar-refractivity contribution in [1.82, 2.24) is 4.90 Å². The Morgan fingerprint density at radius 2 is 2.00 bits per heavy atom. The number of anilines is 1. The lowest BCUT2D eigenvalue weighted by molar-refractivity contribution is 0.0206. The van der Waals surface area contributed by atoms with E-state index in [1.807, 2.05) is 25.7 Å². The van der Waals surface area contributed by atoms with E-state index < -0.39 is 5.60 Å². The lowest BCUT2D eigenvalue weighted by atomic mass is 9.99. The Bertz CT molecular complexity index is 534. The minimum atomic E-state index is -0.443. The second-order valence-electron chi connectivity index (χ2n) is 7.65. The maximum Gasteiger partial charge on any atom is 0.410 e. The van der Waals surface area contributed by atoms with Gasteiger partial charge < -0.3 is 15.0 Å². The summed E-state index contributed by atoms with van der Waals surface area (Å²) in [5.74, 6) is 0.476. The van der Waals surface area contributed by atoms with Gasteiger partial charge in [0.1, 0.15) is 5.60 Å². The molecule has 4 heteroatoms. The molecule has 0 spiro atoms. The Morgan fingerprint density at radius 3 is 2.65 bits per heavy atom. The molecule has 2 rings (SSSR count). The Labute approximate surface area is 140 Å². The van der Waals surface area contributed by atoms with Crippen molar-refractivity contribution in [1.29, 1.82) is 0 Å². The zero-order valence-corrected chi connectivity index (χ0v) is 15.1. The monoisotopic (exact) mass is 318 g/mol. The van der Waals surface area contributed by atoms with Gasteiger partial charge in [-0.1, -0.05) is 32.0 Å². The fraction of sp³-hybridized carbons (Fsp3) is 0.632. The van der Waals surface area contributed by atoms with E-state index in [1.54, 1.807) is 0 Å². The van der Waals surface area contributed by atoms with Gasteiger partial charge in [-0.3, -0.25) is 0 Å². The Morgan fingerprint density at radius 1 is 1.30 bits per heavy atom. The van der Waals surface area contributed by atoms with Crippen molar-refractivity contribution in [2.75, 3.05) is 18.4 Å². The molecule has 1 N–H and O–H groups in total. The predicted molar refractivity (Wildman–Crippen MR) is 95.0 cm³/mol. The number of ether oxygens (including phenoxy) is 1.